The third-order valence-corrected chi connectivity index (χ3v) is 3.27. The number of para-hydroxylation sites is 1. The Hall–Kier alpha value is -1.06. The van der Waals surface area contributed by atoms with Gasteiger partial charge in [0.15, 0.2) is 0 Å². The largest absolute Gasteiger partial charge is 0.496 e. The summed E-state index contributed by atoms with van der Waals surface area (Å²) in [6, 6.07) is 6.91. The summed E-state index contributed by atoms with van der Waals surface area (Å²) in [5.41, 5.74) is 8.43. The van der Waals surface area contributed by atoms with Gasteiger partial charge in [-0.05, 0) is 31.9 Å². The summed E-state index contributed by atoms with van der Waals surface area (Å²) in [5, 5.41) is 3.51. The van der Waals surface area contributed by atoms with Gasteiger partial charge in [0.1, 0.15) is 5.75 Å². The van der Waals surface area contributed by atoms with Crippen molar-refractivity contribution in [3.63, 3.8) is 0 Å². The molecule has 2 rings (SSSR count). The monoisotopic (exact) mass is 220 g/mol. The summed E-state index contributed by atoms with van der Waals surface area (Å²) in [4.78, 5) is 0. The summed E-state index contributed by atoms with van der Waals surface area (Å²) in [6.07, 6.45) is 2.05. The average molecular weight is 220 g/mol. The van der Waals surface area contributed by atoms with Gasteiger partial charge in [-0.1, -0.05) is 18.2 Å². The van der Waals surface area contributed by atoms with Crippen molar-refractivity contribution in [1.29, 1.82) is 0 Å². The normalized spacial score (nSPS) is 25.4. The Morgan fingerprint density at radius 3 is 2.94 bits per heavy atom. The third kappa shape index (κ3) is 2.20. The number of nitrogens with two attached hydrogens (primary N) is 1. The molecule has 1 heterocycles. The fraction of sp³-hybridized carbons (Fsp3) is 0.538. The maximum Gasteiger partial charge on any atom is 0.126 e. The van der Waals surface area contributed by atoms with Crippen LogP contribution in [0, 0.1) is 6.92 Å². The fourth-order valence-corrected chi connectivity index (χ4v) is 2.41. The molecule has 16 heavy (non-hydrogen) atoms. The Balaban J connectivity index is 2.28. The van der Waals surface area contributed by atoms with Crippen LogP contribution >= 0.6 is 0 Å². The highest BCUT2D eigenvalue weighted by molar-refractivity contribution is 5.42. The first kappa shape index (κ1) is 11.4. The molecule has 0 bridgehead atoms. The Morgan fingerprint density at radius 2 is 2.25 bits per heavy atom. The molecule has 1 aliphatic rings. The number of methoxy groups -OCH3 is 1. The standard InChI is InChI=1S/C13H20N2O/c1-9-4-3-5-11(13(9)16-2)12-8-10(14)6-7-15-12/h3-5,10,12,15H,6-8,14H2,1-2H3. The summed E-state index contributed by atoms with van der Waals surface area (Å²) >= 11 is 0. The molecule has 0 saturated carbocycles. The van der Waals surface area contributed by atoms with Crippen LogP contribution in [0.15, 0.2) is 18.2 Å². The molecule has 1 saturated heterocycles. The molecule has 0 spiro atoms. The molecule has 0 aliphatic carbocycles. The summed E-state index contributed by atoms with van der Waals surface area (Å²) in [7, 11) is 1.73. The van der Waals surface area contributed by atoms with Gasteiger partial charge in [-0.2, -0.15) is 0 Å². The molecule has 3 heteroatoms. The van der Waals surface area contributed by atoms with Gasteiger partial charge in [0.05, 0.1) is 7.11 Å². The lowest BCUT2D eigenvalue weighted by Gasteiger charge is -2.29. The Bertz CT molecular complexity index is 365. The van der Waals surface area contributed by atoms with Crippen molar-refractivity contribution in [3.8, 4) is 5.75 Å². The minimum Gasteiger partial charge on any atom is -0.496 e. The molecule has 3 N–H and O–H groups in total. The second kappa shape index (κ2) is 4.85. The topological polar surface area (TPSA) is 47.3 Å². The van der Waals surface area contributed by atoms with Crippen LogP contribution in [0.5, 0.6) is 5.75 Å². The van der Waals surface area contributed by atoms with E-state index in [1.54, 1.807) is 7.11 Å². The Kier molecular flexibility index (Phi) is 3.46. The molecule has 0 radical (unpaired) electrons. The van der Waals surface area contributed by atoms with Crippen molar-refractivity contribution in [2.45, 2.75) is 31.8 Å². The highest BCUT2D eigenvalue weighted by Gasteiger charge is 2.23. The maximum atomic E-state index is 6.01. The van der Waals surface area contributed by atoms with Crippen LogP contribution in [0.4, 0.5) is 0 Å². The summed E-state index contributed by atoms with van der Waals surface area (Å²) in [5.74, 6) is 0.995. The van der Waals surface area contributed by atoms with Crippen LogP contribution in [-0.4, -0.2) is 19.7 Å². The zero-order chi connectivity index (χ0) is 11.5. The lowest BCUT2D eigenvalue weighted by Crippen LogP contribution is -2.38. The lowest BCUT2D eigenvalue weighted by atomic mass is 9.93. The highest BCUT2D eigenvalue weighted by Crippen LogP contribution is 2.32. The van der Waals surface area contributed by atoms with E-state index in [4.69, 9.17) is 10.5 Å². The number of hydrogen-bond donors (Lipinski definition) is 2. The maximum absolute atomic E-state index is 6.01. The van der Waals surface area contributed by atoms with Crippen LogP contribution in [0.3, 0.4) is 0 Å². The van der Waals surface area contributed by atoms with Gasteiger partial charge in [0.25, 0.3) is 0 Å². The second-order valence-corrected chi connectivity index (χ2v) is 4.49. The zero-order valence-corrected chi connectivity index (χ0v) is 9.99. The molecular weight excluding hydrogens is 200 g/mol. The van der Waals surface area contributed by atoms with E-state index < -0.39 is 0 Å². The molecular formula is C13H20N2O. The van der Waals surface area contributed by atoms with Crippen LogP contribution < -0.4 is 15.8 Å². The lowest BCUT2D eigenvalue weighted by molar-refractivity contribution is 0.349. The Labute approximate surface area is 97.0 Å². The quantitative estimate of drug-likeness (QED) is 0.798. The SMILES string of the molecule is COc1c(C)cccc1C1CC(N)CCN1. The number of hydrogen-bond acceptors (Lipinski definition) is 3. The van der Waals surface area contributed by atoms with Crippen molar-refractivity contribution < 1.29 is 4.74 Å². The van der Waals surface area contributed by atoms with Crippen LogP contribution in [0.2, 0.25) is 0 Å². The average Bonchev–Trinajstić information content (AvgIpc) is 2.28. The number of nitrogens with one attached hydrogen (secondary N) is 1. The molecule has 0 amide bonds. The number of ether oxygens (including phenoxy) is 1. The number of benzene rings is 1. The zero-order valence-electron chi connectivity index (χ0n) is 9.99. The number of piperidine rings is 1. The van der Waals surface area contributed by atoms with E-state index in [1.807, 2.05) is 0 Å². The van der Waals surface area contributed by atoms with Gasteiger partial charge in [-0.25, -0.2) is 0 Å². The summed E-state index contributed by atoms with van der Waals surface area (Å²) in [6.45, 7) is 3.06. The van der Waals surface area contributed by atoms with Crippen LogP contribution in [-0.2, 0) is 0 Å². The van der Waals surface area contributed by atoms with E-state index in [0.29, 0.717) is 12.1 Å². The molecule has 88 valence electrons. The molecule has 1 aromatic carbocycles. The number of rotatable bonds is 2. The van der Waals surface area contributed by atoms with E-state index in [-0.39, 0.29) is 0 Å². The Morgan fingerprint density at radius 1 is 1.44 bits per heavy atom. The first-order chi connectivity index (χ1) is 7.72. The third-order valence-electron chi connectivity index (χ3n) is 3.27. The van der Waals surface area contributed by atoms with Gasteiger partial charge in [0.2, 0.25) is 0 Å². The predicted octanol–water partition coefficient (Wildman–Crippen LogP) is 1.76. The summed E-state index contributed by atoms with van der Waals surface area (Å²) < 4.78 is 5.48. The van der Waals surface area contributed by atoms with E-state index >= 15 is 0 Å². The van der Waals surface area contributed by atoms with Gasteiger partial charge < -0.3 is 15.8 Å². The van der Waals surface area contributed by atoms with Gasteiger partial charge >= 0.3 is 0 Å². The molecule has 0 aromatic heterocycles. The van der Waals surface area contributed by atoms with Crippen molar-refractivity contribution in [1.82, 2.24) is 5.32 Å². The van der Waals surface area contributed by atoms with Gasteiger partial charge in [-0.3, -0.25) is 0 Å². The predicted molar refractivity (Wildman–Crippen MR) is 65.7 cm³/mol. The van der Waals surface area contributed by atoms with Crippen molar-refractivity contribution in [3.05, 3.63) is 29.3 Å². The van der Waals surface area contributed by atoms with Crippen molar-refractivity contribution in [2.24, 2.45) is 5.73 Å². The molecule has 2 unspecified atom stereocenters. The first-order valence-electron chi connectivity index (χ1n) is 5.85. The van der Waals surface area contributed by atoms with E-state index in [0.717, 1.165) is 25.1 Å². The molecule has 2 atom stereocenters. The highest BCUT2D eigenvalue weighted by atomic mass is 16.5. The first-order valence-corrected chi connectivity index (χ1v) is 5.85. The van der Waals surface area contributed by atoms with E-state index in [1.165, 1.54) is 11.1 Å². The van der Waals surface area contributed by atoms with E-state index in [2.05, 4.69) is 30.4 Å². The molecule has 3 nitrogen and oxygen atoms in total. The van der Waals surface area contributed by atoms with E-state index in [9.17, 15) is 0 Å². The minimum absolute atomic E-state index is 0.302. The minimum atomic E-state index is 0.302. The molecule has 1 aromatic rings. The second-order valence-electron chi connectivity index (χ2n) is 4.49. The van der Waals surface area contributed by atoms with Gasteiger partial charge in [0, 0.05) is 17.6 Å². The van der Waals surface area contributed by atoms with Crippen LogP contribution in [0.1, 0.15) is 30.0 Å². The van der Waals surface area contributed by atoms with Crippen molar-refractivity contribution >= 4 is 0 Å². The fourth-order valence-electron chi connectivity index (χ4n) is 2.41. The van der Waals surface area contributed by atoms with Crippen LogP contribution in [0.25, 0.3) is 0 Å². The molecule has 1 fully saturated rings. The molecule has 1 aliphatic heterocycles. The van der Waals surface area contributed by atoms with Gasteiger partial charge in [-0.15, -0.1) is 0 Å². The van der Waals surface area contributed by atoms with Crippen molar-refractivity contribution in [2.75, 3.05) is 13.7 Å². The number of aryl methyl sites for hydroxylation is 1. The smallest absolute Gasteiger partial charge is 0.126 e.